The Morgan fingerprint density at radius 3 is 2.50 bits per heavy atom. The summed E-state index contributed by atoms with van der Waals surface area (Å²) in [6.45, 7) is 7.00. The molecule has 2 aliphatic carbocycles. The number of ether oxygens (including phenoxy) is 1. The molecule has 2 atom stereocenters. The first-order valence-electron chi connectivity index (χ1n) is 7.97. The van der Waals surface area contributed by atoms with Gasteiger partial charge >= 0.3 is 0 Å². The van der Waals surface area contributed by atoms with Crippen molar-refractivity contribution in [2.24, 2.45) is 11.3 Å². The number of hydrogen-bond acceptors (Lipinski definition) is 2. The van der Waals surface area contributed by atoms with Crippen LogP contribution >= 0.6 is 0 Å². The minimum Gasteiger partial charge on any atom is -0.375 e. The highest BCUT2D eigenvalue weighted by molar-refractivity contribution is 4.98. The summed E-state index contributed by atoms with van der Waals surface area (Å²) in [4.78, 5) is 0. The second-order valence-corrected chi connectivity index (χ2v) is 7.58. The lowest BCUT2D eigenvalue weighted by molar-refractivity contribution is -0.109. The molecule has 1 spiro atoms. The van der Waals surface area contributed by atoms with Gasteiger partial charge in [0.15, 0.2) is 0 Å². The van der Waals surface area contributed by atoms with Crippen LogP contribution in [0.25, 0.3) is 0 Å². The summed E-state index contributed by atoms with van der Waals surface area (Å²) in [5, 5.41) is 3.83. The second-order valence-electron chi connectivity index (χ2n) is 7.58. The topological polar surface area (TPSA) is 21.3 Å². The third kappa shape index (κ3) is 2.75. The summed E-state index contributed by atoms with van der Waals surface area (Å²) in [6, 6.07) is 0.716. The smallest absolute Gasteiger partial charge is 0.0697 e. The molecule has 0 radical (unpaired) electrons. The van der Waals surface area contributed by atoms with Gasteiger partial charge in [0, 0.05) is 12.6 Å². The van der Waals surface area contributed by atoms with Gasteiger partial charge in [-0.1, -0.05) is 33.1 Å². The molecule has 104 valence electrons. The van der Waals surface area contributed by atoms with E-state index >= 15 is 0 Å². The molecule has 0 aromatic rings. The molecule has 18 heavy (non-hydrogen) atoms. The average molecular weight is 251 g/mol. The SMILES string of the molecule is CC1(C)CC1CNC1CCOC2(CCCCC2)C1. The fourth-order valence-corrected chi connectivity index (χ4v) is 3.98. The zero-order valence-corrected chi connectivity index (χ0v) is 12.1. The van der Waals surface area contributed by atoms with Crippen LogP contribution in [-0.4, -0.2) is 24.8 Å². The molecule has 2 saturated carbocycles. The van der Waals surface area contributed by atoms with Crippen LogP contribution in [0, 0.1) is 11.3 Å². The Balaban J connectivity index is 1.48. The first-order valence-corrected chi connectivity index (χ1v) is 7.97. The third-order valence-corrected chi connectivity index (χ3v) is 5.63. The van der Waals surface area contributed by atoms with Crippen LogP contribution in [0.15, 0.2) is 0 Å². The van der Waals surface area contributed by atoms with E-state index in [1.165, 1.54) is 57.9 Å². The van der Waals surface area contributed by atoms with Crippen molar-refractivity contribution in [3.05, 3.63) is 0 Å². The highest BCUT2D eigenvalue weighted by Crippen LogP contribution is 2.51. The van der Waals surface area contributed by atoms with Crippen molar-refractivity contribution in [2.75, 3.05) is 13.2 Å². The van der Waals surface area contributed by atoms with Crippen molar-refractivity contribution < 1.29 is 4.74 Å². The van der Waals surface area contributed by atoms with E-state index in [-0.39, 0.29) is 5.60 Å². The maximum atomic E-state index is 6.16. The molecular weight excluding hydrogens is 222 g/mol. The summed E-state index contributed by atoms with van der Waals surface area (Å²) in [6.07, 6.45) is 10.7. The van der Waals surface area contributed by atoms with E-state index in [1.807, 2.05) is 0 Å². The van der Waals surface area contributed by atoms with Crippen LogP contribution in [-0.2, 0) is 4.74 Å². The van der Waals surface area contributed by atoms with Gasteiger partial charge in [0.25, 0.3) is 0 Å². The lowest BCUT2D eigenvalue weighted by atomic mass is 9.78. The molecule has 1 heterocycles. The molecule has 3 aliphatic rings. The summed E-state index contributed by atoms with van der Waals surface area (Å²) in [7, 11) is 0. The van der Waals surface area contributed by atoms with Crippen LogP contribution in [0.4, 0.5) is 0 Å². The van der Waals surface area contributed by atoms with E-state index in [4.69, 9.17) is 4.74 Å². The summed E-state index contributed by atoms with van der Waals surface area (Å²) >= 11 is 0. The normalized spacial score (nSPS) is 37.7. The van der Waals surface area contributed by atoms with Gasteiger partial charge in [-0.25, -0.2) is 0 Å². The fraction of sp³-hybridized carbons (Fsp3) is 1.00. The fourth-order valence-electron chi connectivity index (χ4n) is 3.98. The van der Waals surface area contributed by atoms with E-state index in [9.17, 15) is 0 Å². The molecule has 1 saturated heterocycles. The second kappa shape index (κ2) is 4.79. The zero-order chi connectivity index (χ0) is 12.6. The van der Waals surface area contributed by atoms with Crippen molar-refractivity contribution in [3.8, 4) is 0 Å². The van der Waals surface area contributed by atoms with Gasteiger partial charge in [0.1, 0.15) is 0 Å². The number of nitrogens with one attached hydrogen (secondary N) is 1. The first kappa shape index (κ1) is 12.9. The van der Waals surface area contributed by atoms with Gasteiger partial charge in [-0.2, -0.15) is 0 Å². The predicted molar refractivity (Wildman–Crippen MR) is 74.7 cm³/mol. The maximum absolute atomic E-state index is 6.16. The van der Waals surface area contributed by atoms with Gasteiger partial charge < -0.3 is 10.1 Å². The van der Waals surface area contributed by atoms with Gasteiger partial charge in [-0.05, 0) is 50.0 Å². The number of hydrogen-bond donors (Lipinski definition) is 1. The quantitative estimate of drug-likeness (QED) is 0.829. The first-order chi connectivity index (χ1) is 8.60. The molecule has 2 nitrogen and oxygen atoms in total. The van der Waals surface area contributed by atoms with Gasteiger partial charge in [-0.3, -0.25) is 0 Å². The Hall–Kier alpha value is -0.0800. The van der Waals surface area contributed by atoms with Gasteiger partial charge in [0.2, 0.25) is 0 Å². The Morgan fingerprint density at radius 2 is 1.83 bits per heavy atom. The minimum atomic E-state index is 0.257. The van der Waals surface area contributed by atoms with Crippen molar-refractivity contribution in [1.29, 1.82) is 0 Å². The monoisotopic (exact) mass is 251 g/mol. The minimum absolute atomic E-state index is 0.257. The van der Waals surface area contributed by atoms with Crippen LogP contribution in [0.3, 0.4) is 0 Å². The van der Waals surface area contributed by atoms with Crippen LogP contribution < -0.4 is 5.32 Å². The Morgan fingerprint density at radius 1 is 1.11 bits per heavy atom. The van der Waals surface area contributed by atoms with Crippen LogP contribution in [0.2, 0.25) is 0 Å². The molecule has 2 unspecified atom stereocenters. The lowest BCUT2D eigenvalue weighted by Crippen LogP contribution is -2.48. The molecule has 3 rings (SSSR count). The molecule has 1 N–H and O–H groups in total. The van der Waals surface area contributed by atoms with Crippen LogP contribution in [0.5, 0.6) is 0 Å². The zero-order valence-electron chi connectivity index (χ0n) is 12.1. The van der Waals surface area contributed by atoms with Crippen LogP contribution in [0.1, 0.15) is 65.2 Å². The summed E-state index contributed by atoms with van der Waals surface area (Å²) < 4.78 is 6.16. The molecule has 0 aromatic heterocycles. The molecule has 0 amide bonds. The summed E-state index contributed by atoms with van der Waals surface area (Å²) in [5.74, 6) is 0.919. The van der Waals surface area contributed by atoms with Crippen molar-refractivity contribution in [2.45, 2.75) is 76.9 Å². The Labute approximate surface area is 112 Å². The Bertz CT molecular complexity index is 288. The summed E-state index contributed by atoms with van der Waals surface area (Å²) in [5.41, 5.74) is 0.869. The van der Waals surface area contributed by atoms with Crippen molar-refractivity contribution in [1.82, 2.24) is 5.32 Å². The van der Waals surface area contributed by atoms with Crippen molar-refractivity contribution in [3.63, 3.8) is 0 Å². The standard InChI is InChI=1S/C16H29NO/c1-15(2)10-13(15)12-17-14-6-9-18-16(11-14)7-4-3-5-8-16/h13-14,17H,3-12H2,1-2H3. The van der Waals surface area contributed by atoms with Crippen molar-refractivity contribution >= 4 is 0 Å². The third-order valence-electron chi connectivity index (χ3n) is 5.63. The highest BCUT2D eigenvalue weighted by Gasteiger charge is 2.45. The van der Waals surface area contributed by atoms with Gasteiger partial charge in [-0.15, -0.1) is 0 Å². The molecule has 0 bridgehead atoms. The van der Waals surface area contributed by atoms with E-state index in [1.54, 1.807) is 0 Å². The van der Waals surface area contributed by atoms with Gasteiger partial charge in [0.05, 0.1) is 5.60 Å². The predicted octanol–water partition coefficient (Wildman–Crippen LogP) is 3.50. The van der Waals surface area contributed by atoms with E-state index in [0.29, 0.717) is 11.5 Å². The largest absolute Gasteiger partial charge is 0.375 e. The molecule has 1 aliphatic heterocycles. The van der Waals surface area contributed by atoms with E-state index < -0.39 is 0 Å². The molecule has 0 aromatic carbocycles. The average Bonchev–Trinajstić information content (AvgIpc) is 2.96. The molecule has 3 fully saturated rings. The number of rotatable bonds is 3. The Kier molecular flexibility index (Phi) is 3.44. The van der Waals surface area contributed by atoms with E-state index in [2.05, 4.69) is 19.2 Å². The maximum Gasteiger partial charge on any atom is 0.0697 e. The molecular formula is C16H29NO. The van der Waals surface area contributed by atoms with E-state index in [0.717, 1.165) is 12.5 Å². The molecule has 2 heteroatoms. The highest BCUT2D eigenvalue weighted by atomic mass is 16.5. The lowest BCUT2D eigenvalue weighted by Gasteiger charge is -2.43.